The van der Waals surface area contributed by atoms with Crippen LogP contribution in [0.25, 0.3) is 0 Å². The first-order valence-corrected chi connectivity index (χ1v) is 8.28. The van der Waals surface area contributed by atoms with E-state index in [4.69, 9.17) is 11.6 Å². The van der Waals surface area contributed by atoms with Crippen molar-refractivity contribution in [2.24, 2.45) is 0 Å². The van der Waals surface area contributed by atoms with Crippen molar-refractivity contribution in [3.63, 3.8) is 0 Å². The predicted molar refractivity (Wildman–Crippen MR) is 87.7 cm³/mol. The summed E-state index contributed by atoms with van der Waals surface area (Å²) < 4.78 is 0. The van der Waals surface area contributed by atoms with Crippen LogP contribution in [0, 0.1) is 0 Å². The van der Waals surface area contributed by atoms with Crippen molar-refractivity contribution in [3.05, 3.63) is 51.0 Å². The summed E-state index contributed by atoms with van der Waals surface area (Å²) in [4.78, 5) is 30.3. The van der Waals surface area contributed by atoms with E-state index in [1.54, 1.807) is 24.3 Å². The third kappa shape index (κ3) is 3.51. The highest BCUT2D eigenvalue weighted by Gasteiger charge is 2.18. The summed E-state index contributed by atoms with van der Waals surface area (Å²) in [5, 5.41) is 4.08. The molecule has 22 heavy (non-hydrogen) atoms. The van der Waals surface area contributed by atoms with Crippen molar-refractivity contribution in [1.82, 2.24) is 9.97 Å². The maximum atomic E-state index is 12.0. The molecule has 2 aromatic rings. The van der Waals surface area contributed by atoms with Crippen LogP contribution in [0.4, 0.5) is 5.69 Å². The Morgan fingerprint density at radius 3 is 2.86 bits per heavy atom. The number of hydrogen-bond donors (Lipinski definition) is 2. The average Bonchev–Trinajstić information content (AvgIpc) is 2.95. The summed E-state index contributed by atoms with van der Waals surface area (Å²) >= 11 is 7.10. The van der Waals surface area contributed by atoms with Gasteiger partial charge in [-0.15, -0.1) is 0 Å². The summed E-state index contributed by atoms with van der Waals surface area (Å²) in [5.41, 5.74) is 2.38. The Bertz CT molecular complexity index is 758. The first-order valence-electron chi connectivity index (χ1n) is 6.92. The summed E-state index contributed by atoms with van der Waals surface area (Å²) in [6.45, 7) is 0. The number of nitrogens with one attached hydrogen (secondary N) is 2. The van der Waals surface area contributed by atoms with Gasteiger partial charge in [-0.2, -0.15) is 4.98 Å². The summed E-state index contributed by atoms with van der Waals surface area (Å²) in [7, 11) is 0. The number of H-pyrrole nitrogens is 1. The second-order valence-corrected chi connectivity index (χ2v) is 6.40. The number of halogens is 1. The molecule has 0 spiro atoms. The average molecular weight is 336 g/mol. The van der Waals surface area contributed by atoms with E-state index in [1.807, 2.05) is 0 Å². The fraction of sp³-hybridized carbons (Fsp3) is 0.267. The van der Waals surface area contributed by atoms with Gasteiger partial charge in [0.15, 0.2) is 0 Å². The lowest BCUT2D eigenvalue weighted by Crippen LogP contribution is -2.17. The van der Waals surface area contributed by atoms with Gasteiger partial charge in [-0.3, -0.25) is 4.79 Å². The normalized spacial score (nSPS) is 13.0. The molecule has 114 valence electrons. The predicted octanol–water partition coefficient (Wildman–Crippen LogP) is 2.64. The van der Waals surface area contributed by atoms with Crippen molar-refractivity contribution in [2.75, 3.05) is 11.1 Å². The van der Waals surface area contributed by atoms with E-state index in [9.17, 15) is 9.59 Å². The van der Waals surface area contributed by atoms with Crippen LogP contribution in [0.1, 0.15) is 17.7 Å². The lowest BCUT2D eigenvalue weighted by Gasteiger charge is -2.07. The van der Waals surface area contributed by atoms with Crippen LogP contribution in [-0.4, -0.2) is 21.6 Å². The molecule has 1 aromatic carbocycles. The molecular weight excluding hydrogens is 322 g/mol. The van der Waals surface area contributed by atoms with Crippen molar-refractivity contribution in [3.8, 4) is 0 Å². The highest BCUT2D eigenvalue weighted by molar-refractivity contribution is 8.00. The molecule has 5 nitrogen and oxygen atoms in total. The minimum atomic E-state index is -0.346. The van der Waals surface area contributed by atoms with Gasteiger partial charge in [0.2, 0.25) is 5.91 Å². The number of aromatic nitrogens is 2. The van der Waals surface area contributed by atoms with E-state index in [0.717, 1.165) is 30.5 Å². The number of anilines is 1. The van der Waals surface area contributed by atoms with Gasteiger partial charge in [0.05, 0.1) is 5.75 Å². The van der Waals surface area contributed by atoms with E-state index < -0.39 is 0 Å². The van der Waals surface area contributed by atoms with Crippen LogP contribution in [0.15, 0.2) is 34.1 Å². The molecule has 0 bridgehead atoms. The Morgan fingerprint density at radius 1 is 1.32 bits per heavy atom. The van der Waals surface area contributed by atoms with Crippen molar-refractivity contribution >= 4 is 35.0 Å². The molecule has 0 fully saturated rings. The van der Waals surface area contributed by atoms with Gasteiger partial charge < -0.3 is 10.3 Å². The van der Waals surface area contributed by atoms with Crippen LogP contribution in [-0.2, 0) is 17.6 Å². The monoisotopic (exact) mass is 335 g/mol. The van der Waals surface area contributed by atoms with Crippen LogP contribution in [0.2, 0.25) is 5.02 Å². The molecule has 0 atom stereocenters. The summed E-state index contributed by atoms with van der Waals surface area (Å²) in [6, 6.07) is 6.92. The zero-order valence-electron chi connectivity index (χ0n) is 11.7. The van der Waals surface area contributed by atoms with Crippen LogP contribution in [0.3, 0.4) is 0 Å². The van der Waals surface area contributed by atoms with Gasteiger partial charge in [0, 0.05) is 22.0 Å². The number of hydrogen-bond acceptors (Lipinski definition) is 4. The zero-order valence-corrected chi connectivity index (χ0v) is 13.3. The highest BCUT2D eigenvalue weighted by Crippen LogP contribution is 2.27. The number of aryl methyl sites for hydroxylation is 1. The van der Waals surface area contributed by atoms with Crippen LogP contribution >= 0.6 is 23.4 Å². The number of rotatable bonds is 4. The molecule has 1 amide bonds. The molecule has 1 aliphatic rings. The molecular formula is C15H14ClN3O2S. The number of amides is 1. The van der Waals surface area contributed by atoms with Gasteiger partial charge in [-0.05, 0) is 43.5 Å². The molecule has 1 aliphatic carbocycles. The molecule has 3 rings (SSSR count). The number of aromatic amines is 1. The largest absolute Gasteiger partial charge is 0.346 e. The van der Waals surface area contributed by atoms with Crippen LogP contribution < -0.4 is 11.0 Å². The Morgan fingerprint density at radius 2 is 2.09 bits per heavy atom. The second kappa shape index (κ2) is 6.54. The summed E-state index contributed by atoms with van der Waals surface area (Å²) in [6.07, 6.45) is 2.79. The van der Waals surface area contributed by atoms with Crippen molar-refractivity contribution in [1.29, 1.82) is 0 Å². The van der Waals surface area contributed by atoms with Crippen molar-refractivity contribution < 1.29 is 4.79 Å². The van der Waals surface area contributed by atoms with Gasteiger partial charge >= 0.3 is 5.69 Å². The lowest BCUT2D eigenvalue weighted by molar-refractivity contribution is -0.113. The fourth-order valence-corrected chi connectivity index (χ4v) is 3.43. The zero-order chi connectivity index (χ0) is 15.5. The fourth-order valence-electron chi connectivity index (χ4n) is 2.42. The Balaban J connectivity index is 1.64. The Hall–Kier alpha value is -1.79. The molecule has 0 radical (unpaired) electrons. The lowest BCUT2D eigenvalue weighted by atomic mass is 10.3. The van der Waals surface area contributed by atoms with Gasteiger partial charge in [0.25, 0.3) is 0 Å². The van der Waals surface area contributed by atoms with Gasteiger partial charge in [-0.25, -0.2) is 4.79 Å². The molecule has 0 aliphatic heterocycles. The smallest absolute Gasteiger partial charge is 0.325 e. The molecule has 1 aromatic heterocycles. The summed E-state index contributed by atoms with van der Waals surface area (Å²) in [5.74, 6) is 0.0760. The number of carbonyl (C=O) groups excluding carboxylic acids is 1. The Kier molecular flexibility index (Phi) is 4.49. The number of nitrogens with zero attached hydrogens (tertiary/aromatic N) is 1. The quantitative estimate of drug-likeness (QED) is 0.665. The van der Waals surface area contributed by atoms with E-state index in [0.29, 0.717) is 15.7 Å². The molecule has 0 saturated carbocycles. The number of benzene rings is 1. The molecule has 2 N–H and O–H groups in total. The van der Waals surface area contributed by atoms with E-state index in [2.05, 4.69) is 15.3 Å². The standard InChI is InChI=1S/C15H14ClN3O2S/c16-9-4-6-10(7-5-9)17-13(20)8-22-14-11-2-1-3-12(11)18-15(21)19-14/h4-7H,1-3,8H2,(H,17,20)(H,18,19,21). The SMILES string of the molecule is O=C(CSc1nc(=O)[nH]c2c1CCC2)Nc1ccc(Cl)cc1. The maximum Gasteiger partial charge on any atom is 0.346 e. The second-order valence-electron chi connectivity index (χ2n) is 5.00. The first-order chi connectivity index (χ1) is 10.6. The third-order valence-corrected chi connectivity index (χ3v) is 4.67. The molecule has 1 heterocycles. The first kappa shape index (κ1) is 15.1. The number of carbonyl (C=O) groups is 1. The van der Waals surface area contributed by atoms with Crippen LogP contribution in [0.5, 0.6) is 0 Å². The third-order valence-electron chi connectivity index (χ3n) is 3.40. The molecule has 0 saturated heterocycles. The minimum Gasteiger partial charge on any atom is -0.325 e. The van der Waals surface area contributed by atoms with E-state index in [-0.39, 0.29) is 17.3 Å². The maximum absolute atomic E-state index is 12.0. The van der Waals surface area contributed by atoms with Gasteiger partial charge in [0.1, 0.15) is 5.03 Å². The van der Waals surface area contributed by atoms with E-state index >= 15 is 0 Å². The number of thioether (sulfide) groups is 1. The highest BCUT2D eigenvalue weighted by atomic mass is 35.5. The van der Waals surface area contributed by atoms with Crippen molar-refractivity contribution in [2.45, 2.75) is 24.3 Å². The molecule has 0 unspecified atom stereocenters. The van der Waals surface area contributed by atoms with Gasteiger partial charge in [-0.1, -0.05) is 23.4 Å². The minimum absolute atomic E-state index is 0.138. The topological polar surface area (TPSA) is 74.8 Å². The van der Waals surface area contributed by atoms with E-state index in [1.165, 1.54) is 11.8 Å². The Labute approximate surface area is 136 Å². The number of fused-ring (bicyclic) bond motifs is 1. The molecule has 7 heteroatoms.